The first-order valence-electron chi connectivity index (χ1n) is 6.06. The highest BCUT2D eigenvalue weighted by Crippen LogP contribution is 2.44. The van der Waals surface area contributed by atoms with Gasteiger partial charge in [0.1, 0.15) is 0 Å². The standard InChI is InChI=1S/C12H14N3O5P/c13-20-21(18,19)7-9-6-11-10(14-3-4-15-11)5-8(9)1-2-12(16)17/h3-6H,1-2,7,13H2,(H,16,17)(H,18,19). The average Bonchev–Trinajstić information content (AvgIpc) is 2.44. The Morgan fingerprint density at radius 3 is 2.33 bits per heavy atom. The number of fused-ring (bicyclic) bond motifs is 1. The van der Waals surface area contributed by atoms with E-state index in [4.69, 9.17) is 11.0 Å². The number of hydrogen-bond acceptors (Lipinski definition) is 6. The van der Waals surface area contributed by atoms with Crippen LogP contribution in [0.2, 0.25) is 0 Å². The van der Waals surface area contributed by atoms with Crippen molar-refractivity contribution in [2.75, 3.05) is 0 Å². The zero-order valence-electron chi connectivity index (χ0n) is 11.0. The number of carboxylic acid groups (broad SMARTS) is 1. The first-order valence-corrected chi connectivity index (χ1v) is 7.82. The minimum absolute atomic E-state index is 0.0992. The van der Waals surface area contributed by atoms with Gasteiger partial charge in [-0.25, -0.2) is 10.5 Å². The van der Waals surface area contributed by atoms with Crippen LogP contribution in [0.5, 0.6) is 0 Å². The molecule has 1 aromatic carbocycles. The quantitative estimate of drug-likeness (QED) is 0.535. The lowest BCUT2D eigenvalue weighted by Gasteiger charge is -2.13. The zero-order valence-corrected chi connectivity index (χ0v) is 11.9. The smallest absolute Gasteiger partial charge is 0.348 e. The first-order chi connectivity index (χ1) is 9.91. The number of aromatic nitrogens is 2. The maximum atomic E-state index is 11.6. The van der Waals surface area contributed by atoms with Crippen molar-refractivity contribution in [1.29, 1.82) is 0 Å². The molecule has 4 N–H and O–H groups in total. The van der Waals surface area contributed by atoms with Gasteiger partial charge in [0.15, 0.2) is 0 Å². The molecule has 2 aromatic rings. The molecule has 0 aliphatic heterocycles. The van der Waals surface area contributed by atoms with Crippen LogP contribution < -0.4 is 5.90 Å². The summed E-state index contributed by atoms with van der Waals surface area (Å²) < 4.78 is 15.7. The van der Waals surface area contributed by atoms with Gasteiger partial charge in [-0.1, -0.05) is 0 Å². The normalized spacial score (nSPS) is 14.0. The highest BCUT2D eigenvalue weighted by Gasteiger charge is 2.21. The van der Waals surface area contributed by atoms with Crippen LogP contribution in [0.15, 0.2) is 24.5 Å². The van der Waals surface area contributed by atoms with Crippen molar-refractivity contribution >= 4 is 24.6 Å². The maximum absolute atomic E-state index is 11.6. The van der Waals surface area contributed by atoms with Gasteiger partial charge in [0, 0.05) is 18.8 Å². The highest BCUT2D eigenvalue weighted by molar-refractivity contribution is 7.51. The molecule has 0 amide bonds. The van der Waals surface area contributed by atoms with Gasteiger partial charge in [0.25, 0.3) is 0 Å². The highest BCUT2D eigenvalue weighted by atomic mass is 31.2. The molecule has 0 aliphatic rings. The van der Waals surface area contributed by atoms with E-state index in [2.05, 4.69) is 14.6 Å². The fraction of sp³-hybridized carbons (Fsp3) is 0.250. The average molecular weight is 311 g/mol. The summed E-state index contributed by atoms with van der Waals surface area (Å²) in [6.45, 7) is 0. The molecule has 0 fully saturated rings. The van der Waals surface area contributed by atoms with E-state index in [0.29, 0.717) is 22.2 Å². The van der Waals surface area contributed by atoms with Crippen LogP contribution in [0.1, 0.15) is 17.5 Å². The summed E-state index contributed by atoms with van der Waals surface area (Å²) in [6.07, 6.45) is 2.81. The summed E-state index contributed by atoms with van der Waals surface area (Å²) >= 11 is 0. The number of carboxylic acids is 1. The molecule has 9 heteroatoms. The van der Waals surface area contributed by atoms with E-state index in [-0.39, 0.29) is 19.0 Å². The summed E-state index contributed by atoms with van der Waals surface area (Å²) in [7, 11) is -3.97. The van der Waals surface area contributed by atoms with Crippen molar-refractivity contribution in [2.24, 2.45) is 5.90 Å². The van der Waals surface area contributed by atoms with Crippen molar-refractivity contribution in [3.63, 3.8) is 0 Å². The third-order valence-electron chi connectivity index (χ3n) is 2.93. The van der Waals surface area contributed by atoms with Gasteiger partial charge in [0.05, 0.1) is 17.2 Å². The van der Waals surface area contributed by atoms with E-state index < -0.39 is 13.6 Å². The van der Waals surface area contributed by atoms with Gasteiger partial charge >= 0.3 is 13.6 Å². The number of aliphatic carboxylic acids is 1. The number of hydrogen-bond donors (Lipinski definition) is 3. The van der Waals surface area contributed by atoms with Crippen molar-refractivity contribution in [3.05, 3.63) is 35.7 Å². The van der Waals surface area contributed by atoms with Crippen LogP contribution in [0.3, 0.4) is 0 Å². The van der Waals surface area contributed by atoms with E-state index in [1.165, 1.54) is 12.4 Å². The van der Waals surface area contributed by atoms with Crippen molar-refractivity contribution in [3.8, 4) is 0 Å². The predicted molar refractivity (Wildman–Crippen MR) is 74.3 cm³/mol. The number of nitrogens with two attached hydrogens (primary N) is 1. The second kappa shape index (κ2) is 6.28. The first kappa shape index (κ1) is 15.5. The molecule has 8 nitrogen and oxygen atoms in total. The van der Waals surface area contributed by atoms with E-state index in [1.54, 1.807) is 12.1 Å². The van der Waals surface area contributed by atoms with Crippen molar-refractivity contribution in [2.45, 2.75) is 19.0 Å². The lowest BCUT2D eigenvalue weighted by atomic mass is 10.0. The van der Waals surface area contributed by atoms with E-state index in [0.717, 1.165) is 0 Å². The number of rotatable bonds is 6. The number of carbonyl (C=O) groups is 1. The van der Waals surface area contributed by atoms with Crippen LogP contribution >= 0.6 is 7.60 Å². The summed E-state index contributed by atoms with van der Waals surface area (Å²) in [5.74, 6) is 3.85. The second-order valence-electron chi connectivity index (χ2n) is 4.46. The van der Waals surface area contributed by atoms with E-state index >= 15 is 0 Å². The lowest BCUT2D eigenvalue weighted by molar-refractivity contribution is -0.136. The molecule has 2 rings (SSSR count). The van der Waals surface area contributed by atoms with Crippen molar-refractivity contribution in [1.82, 2.24) is 9.97 Å². The monoisotopic (exact) mass is 311 g/mol. The Balaban J connectivity index is 2.45. The molecule has 112 valence electrons. The Morgan fingerprint density at radius 1 is 1.24 bits per heavy atom. The Kier molecular flexibility index (Phi) is 4.64. The Morgan fingerprint density at radius 2 is 1.81 bits per heavy atom. The maximum Gasteiger partial charge on any atom is 0.348 e. The molecule has 0 aliphatic carbocycles. The molecule has 1 aromatic heterocycles. The van der Waals surface area contributed by atoms with Crippen LogP contribution in [-0.2, 0) is 26.6 Å². The molecule has 0 radical (unpaired) electrons. The van der Waals surface area contributed by atoms with Gasteiger partial charge in [-0.3, -0.25) is 19.3 Å². The van der Waals surface area contributed by atoms with Gasteiger partial charge in [0.2, 0.25) is 0 Å². The summed E-state index contributed by atoms with van der Waals surface area (Å²) in [5.41, 5.74) is 2.21. The zero-order chi connectivity index (χ0) is 15.5. The fourth-order valence-electron chi connectivity index (χ4n) is 1.97. The third kappa shape index (κ3) is 4.05. The molecule has 21 heavy (non-hydrogen) atoms. The van der Waals surface area contributed by atoms with Gasteiger partial charge in [-0.15, -0.1) is 0 Å². The Bertz CT molecular complexity index is 721. The summed E-state index contributed by atoms with van der Waals surface area (Å²) in [6, 6.07) is 3.26. The Labute approximate surface area is 120 Å². The third-order valence-corrected chi connectivity index (χ3v) is 4.00. The molecule has 0 saturated heterocycles. The van der Waals surface area contributed by atoms with Crippen LogP contribution in [0, 0.1) is 0 Å². The molecule has 1 heterocycles. The molecule has 1 atom stereocenters. The molecular weight excluding hydrogens is 297 g/mol. The largest absolute Gasteiger partial charge is 0.481 e. The van der Waals surface area contributed by atoms with Gasteiger partial charge in [-0.05, 0) is 29.7 Å². The number of benzene rings is 1. The van der Waals surface area contributed by atoms with Crippen molar-refractivity contribution < 1.29 is 24.0 Å². The van der Waals surface area contributed by atoms with Gasteiger partial charge in [-0.2, -0.15) is 0 Å². The van der Waals surface area contributed by atoms with Crippen LogP contribution in [0.25, 0.3) is 11.0 Å². The predicted octanol–water partition coefficient (Wildman–Crippen LogP) is 1.22. The SMILES string of the molecule is NOP(=O)(O)Cc1cc2nccnc2cc1CCC(=O)O. The lowest BCUT2D eigenvalue weighted by Crippen LogP contribution is -2.04. The molecule has 0 spiro atoms. The minimum atomic E-state index is -3.97. The molecular formula is C12H14N3O5P. The van der Waals surface area contributed by atoms with Gasteiger partial charge < -0.3 is 10.00 Å². The molecule has 1 unspecified atom stereocenters. The molecule has 0 bridgehead atoms. The summed E-state index contributed by atoms with van der Waals surface area (Å²) in [4.78, 5) is 28.5. The molecule has 0 saturated carbocycles. The topological polar surface area (TPSA) is 136 Å². The number of aryl methyl sites for hydroxylation is 1. The second-order valence-corrected chi connectivity index (χ2v) is 6.26. The number of nitrogens with zero attached hydrogens (tertiary/aromatic N) is 2. The van der Waals surface area contributed by atoms with Crippen LogP contribution in [-0.4, -0.2) is 25.9 Å². The fourth-order valence-corrected chi connectivity index (χ4v) is 2.77. The van der Waals surface area contributed by atoms with E-state index in [9.17, 15) is 14.3 Å². The minimum Gasteiger partial charge on any atom is -0.481 e. The van der Waals surface area contributed by atoms with E-state index in [1.807, 2.05) is 0 Å². The van der Waals surface area contributed by atoms with Crippen LogP contribution in [0.4, 0.5) is 0 Å². The Hall–Kier alpha value is -1.86. The summed E-state index contributed by atoms with van der Waals surface area (Å²) in [5, 5.41) is 8.78.